The van der Waals surface area contributed by atoms with Gasteiger partial charge >= 0.3 is 0 Å². The molecule has 17 heavy (non-hydrogen) atoms. The van der Waals surface area contributed by atoms with Gasteiger partial charge in [0.2, 0.25) is 0 Å². The molecule has 0 saturated carbocycles. The Morgan fingerprint density at radius 3 is 2.76 bits per heavy atom. The van der Waals surface area contributed by atoms with Gasteiger partial charge in [-0.2, -0.15) is 11.3 Å². The highest BCUT2D eigenvalue weighted by Crippen LogP contribution is 2.35. The molecular weight excluding hydrogens is 248 g/mol. The monoisotopic (exact) mass is 262 g/mol. The highest BCUT2D eigenvalue weighted by molar-refractivity contribution is 7.08. The Bertz CT molecular complexity index is 542. The summed E-state index contributed by atoms with van der Waals surface area (Å²) in [5.41, 5.74) is 6.82. The summed E-state index contributed by atoms with van der Waals surface area (Å²) < 4.78 is 0. The zero-order valence-electron chi connectivity index (χ0n) is 9.87. The van der Waals surface area contributed by atoms with Gasteiger partial charge in [-0.3, -0.25) is 0 Å². The number of alkyl halides is 1. The second-order valence-electron chi connectivity index (χ2n) is 4.75. The van der Waals surface area contributed by atoms with Gasteiger partial charge in [-0.15, -0.1) is 11.6 Å². The summed E-state index contributed by atoms with van der Waals surface area (Å²) in [5.74, 6) is 0. The molecule has 0 saturated heterocycles. The lowest BCUT2D eigenvalue weighted by atomic mass is 10.00. The SMILES string of the molecule is Cc1cscc1C(Cl)c1ccc2c(c1)CCC2. The summed E-state index contributed by atoms with van der Waals surface area (Å²) in [5, 5.41) is 4.34. The number of hydrogen-bond acceptors (Lipinski definition) is 1. The molecule has 2 aromatic rings. The smallest absolute Gasteiger partial charge is 0.0846 e. The first kappa shape index (κ1) is 11.3. The minimum atomic E-state index is 0.00662. The van der Waals surface area contributed by atoms with Crippen molar-refractivity contribution < 1.29 is 0 Å². The first-order valence-corrected chi connectivity index (χ1v) is 7.42. The molecule has 1 aliphatic carbocycles. The highest BCUT2D eigenvalue weighted by Gasteiger charge is 2.17. The van der Waals surface area contributed by atoms with Crippen molar-refractivity contribution in [1.82, 2.24) is 0 Å². The number of benzene rings is 1. The van der Waals surface area contributed by atoms with Gasteiger partial charge in [-0.05, 0) is 64.8 Å². The van der Waals surface area contributed by atoms with E-state index in [2.05, 4.69) is 35.9 Å². The van der Waals surface area contributed by atoms with E-state index in [1.165, 1.54) is 47.1 Å². The maximum absolute atomic E-state index is 6.59. The molecule has 0 radical (unpaired) electrons. The van der Waals surface area contributed by atoms with Crippen LogP contribution in [-0.2, 0) is 12.8 Å². The Labute approximate surface area is 111 Å². The van der Waals surface area contributed by atoms with Gasteiger partial charge in [0.1, 0.15) is 0 Å². The van der Waals surface area contributed by atoms with Crippen molar-refractivity contribution in [2.45, 2.75) is 31.6 Å². The van der Waals surface area contributed by atoms with Crippen molar-refractivity contribution in [3.63, 3.8) is 0 Å². The van der Waals surface area contributed by atoms with Crippen LogP contribution >= 0.6 is 22.9 Å². The third-order valence-corrected chi connectivity index (χ3v) is 4.95. The molecule has 1 atom stereocenters. The number of aryl methyl sites for hydroxylation is 3. The number of halogens is 1. The second-order valence-corrected chi connectivity index (χ2v) is 5.93. The van der Waals surface area contributed by atoms with Crippen LogP contribution in [0.15, 0.2) is 29.0 Å². The first-order chi connectivity index (χ1) is 8.25. The molecule has 0 nitrogen and oxygen atoms in total. The zero-order valence-corrected chi connectivity index (χ0v) is 11.4. The van der Waals surface area contributed by atoms with Crippen molar-refractivity contribution in [1.29, 1.82) is 0 Å². The van der Waals surface area contributed by atoms with Crippen molar-refractivity contribution in [3.8, 4) is 0 Å². The fourth-order valence-electron chi connectivity index (χ4n) is 2.56. The van der Waals surface area contributed by atoms with E-state index in [-0.39, 0.29) is 5.38 Å². The van der Waals surface area contributed by atoms with Crippen LogP contribution < -0.4 is 0 Å². The summed E-state index contributed by atoms with van der Waals surface area (Å²) in [6.45, 7) is 2.13. The van der Waals surface area contributed by atoms with E-state index in [0.29, 0.717) is 0 Å². The summed E-state index contributed by atoms with van der Waals surface area (Å²) in [6.07, 6.45) is 3.75. The molecule has 0 bridgehead atoms. The van der Waals surface area contributed by atoms with Crippen LogP contribution in [0.1, 0.15) is 39.6 Å². The number of fused-ring (bicyclic) bond motifs is 1. The van der Waals surface area contributed by atoms with E-state index in [1.54, 1.807) is 11.3 Å². The molecule has 1 unspecified atom stereocenters. The van der Waals surface area contributed by atoms with E-state index in [4.69, 9.17) is 11.6 Å². The largest absolute Gasteiger partial charge is 0.152 e. The zero-order chi connectivity index (χ0) is 11.8. The van der Waals surface area contributed by atoms with Gasteiger partial charge in [0, 0.05) is 0 Å². The van der Waals surface area contributed by atoms with Crippen molar-refractivity contribution >= 4 is 22.9 Å². The molecule has 1 aliphatic rings. The quantitative estimate of drug-likeness (QED) is 0.677. The predicted octanol–water partition coefficient (Wildman–Crippen LogP) is 4.87. The summed E-state index contributed by atoms with van der Waals surface area (Å²) in [6, 6.07) is 6.75. The molecule has 3 rings (SSSR count). The second kappa shape index (κ2) is 4.47. The standard InChI is InChI=1S/C15H15ClS/c1-10-8-17-9-14(10)15(16)13-6-5-11-3-2-4-12(11)7-13/h5-9,15H,2-4H2,1H3. The molecule has 0 N–H and O–H groups in total. The third-order valence-electron chi connectivity index (χ3n) is 3.58. The molecule has 2 heteroatoms. The van der Waals surface area contributed by atoms with E-state index in [1.807, 2.05) is 0 Å². The van der Waals surface area contributed by atoms with E-state index < -0.39 is 0 Å². The predicted molar refractivity (Wildman–Crippen MR) is 75.2 cm³/mol. The van der Waals surface area contributed by atoms with Crippen LogP contribution in [0.25, 0.3) is 0 Å². The van der Waals surface area contributed by atoms with Crippen LogP contribution in [0, 0.1) is 6.92 Å². The molecule has 0 fully saturated rings. The Kier molecular flexibility index (Phi) is 2.97. The van der Waals surface area contributed by atoms with Crippen LogP contribution in [0.2, 0.25) is 0 Å². The van der Waals surface area contributed by atoms with Gasteiger partial charge in [0.05, 0.1) is 5.38 Å². The summed E-state index contributed by atoms with van der Waals surface area (Å²) in [7, 11) is 0. The van der Waals surface area contributed by atoms with E-state index in [9.17, 15) is 0 Å². The molecule has 1 heterocycles. The first-order valence-electron chi connectivity index (χ1n) is 6.04. The van der Waals surface area contributed by atoms with Crippen LogP contribution in [0.5, 0.6) is 0 Å². The molecule has 0 aliphatic heterocycles. The third kappa shape index (κ3) is 2.02. The van der Waals surface area contributed by atoms with E-state index in [0.717, 1.165) is 0 Å². The van der Waals surface area contributed by atoms with Crippen LogP contribution in [0.4, 0.5) is 0 Å². The normalized spacial score (nSPS) is 15.9. The van der Waals surface area contributed by atoms with Crippen molar-refractivity contribution in [2.75, 3.05) is 0 Å². The molecule has 1 aromatic carbocycles. The minimum Gasteiger partial charge on any atom is -0.152 e. The average molecular weight is 263 g/mol. The highest BCUT2D eigenvalue weighted by atomic mass is 35.5. The maximum atomic E-state index is 6.59. The van der Waals surface area contributed by atoms with Gasteiger partial charge in [-0.1, -0.05) is 18.2 Å². The Hall–Kier alpha value is -0.790. The molecular formula is C15H15ClS. The van der Waals surface area contributed by atoms with Crippen molar-refractivity contribution in [3.05, 3.63) is 56.8 Å². The van der Waals surface area contributed by atoms with Crippen LogP contribution in [0.3, 0.4) is 0 Å². The lowest BCUT2D eigenvalue weighted by molar-refractivity contribution is 0.911. The van der Waals surface area contributed by atoms with Gasteiger partial charge in [-0.25, -0.2) is 0 Å². The lowest BCUT2D eigenvalue weighted by Crippen LogP contribution is -1.95. The molecule has 0 amide bonds. The van der Waals surface area contributed by atoms with Crippen LogP contribution in [-0.4, -0.2) is 0 Å². The van der Waals surface area contributed by atoms with Gasteiger partial charge < -0.3 is 0 Å². The lowest BCUT2D eigenvalue weighted by Gasteiger charge is -2.11. The van der Waals surface area contributed by atoms with E-state index >= 15 is 0 Å². The Balaban J connectivity index is 1.97. The Morgan fingerprint density at radius 1 is 1.18 bits per heavy atom. The topological polar surface area (TPSA) is 0 Å². The maximum Gasteiger partial charge on any atom is 0.0846 e. The van der Waals surface area contributed by atoms with Gasteiger partial charge in [0.25, 0.3) is 0 Å². The fraction of sp³-hybridized carbons (Fsp3) is 0.333. The number of hydrogen-bond donors (Lipinski definition) is 0. The van der Waals surface area contributed by atoms with Gasteiger partial charge in [0.15, 0.2) is 0 Å². The summed E-state index contributed by atoms with van der Waals surface area (Å²) in [4.78, 5) is 0. The van der Waals surface area contributed by atoms with Crippen molar-refractivity contribution in [2.24, 2.45) is 0 Å². The minimum absolute atomic E-state index is 0.00662. The molecule has 0 spiro atoms. The molecule has 1 aromatic heterocycles. The number of thiophene rings is 1. The summed E-state index contributed by atoms with van der Waals surface area (Å²) >= 11 is 8.32. The Morgan fingerprint density at radius 2 is 2.00 bits per heavy atom. The molecule has 88 valence electrons. The average Bonchev–Trinajstić information content (AvgIpc) is 2.95. The fourth-order valence-corrected chi connectivity index (χ4v) is 3.88. The number of rotatable bonds is 2.